The van der Waals surface area contributed by atoms with Crippen LogP contribution in [0.15, 0.2) is 12.1 Å². The largest absolute Gasteiger partial charge is 0.387 e. The molecule has 0 spiro atoms. The Bertz CT molecular complexity index is 678. The molecule has 0 bridgehead atoms. The summed E-state index contributed by atoms with van der Waals surface area (Å²) in [6, 6.07) is 4.54. The van der Waals surface area contributed by atoms with Crippen molar-refractivity contribution in [3.8, 4) is 0 Å². The highest BCUT2D eigenvalue weighted by molar-refractivity contribution is 5.96. The van der Waals surface area contributed by atoms with Crippen molar-refractivity contribution in [3.63, 3.8) is 0 Å². The van der Waals surface area contributed by atoms with Crippen LogP contribution in [0.2, 0.25) is 0 Å². The molecular formula is C17H20N2O. The lowest BCUT2D eigenvalue weighted by Gasteiger charge is -2.24. The van der Waals surface area contributed by atoms with Crippen molar-refractivity contribution < 1.29 is 4.74 Å². The van der Waals surface area contributed by atoms with E-state index in [1.807, 2.05) is 7.05 Å². The third-order valence-corrected chi connectivity index (χ3v) is 4.65. The standard InChI is InChI=1S/C17H20N2O/c1-18-16-13-7-6-11-4-2-3-5-12(11)17(13)19-15-8-9-20-10-14(15)16/h6-7H,2-5,8-10H2,1H3,(H,18,19). The van der Waals surface area contributed by atoms with Crippen LogP contribution in [0.5, 0.6) is 0 Å². The first-order valence-corrected chi connectivity index (χ1v) is 7.60. The summed E-state index contributed by atoms with van der Waals surface area (Å²) >= 11 is 0. The number of pyridine rings is 1. The molecule has 2 aromatic rings. The van der Waals surface area contributed by atoms with Crippen LogP contribution in [-0.4, -0.2) is 18.6 Å². The number of hydrogen-bond acceptors (Lipinski definition) is 3. The van der Waals surface area contributed by atoms with Gasteiger partial charge in [-0.15, -0.1) is 0 Å². The molecule has 0 unspecified atom stereocenters. The molecule has 0 radical (unpaired) electrons. The van der Waals surface area contributed by atoms with Crippen LogP contribution in [0.1, 0.15) is 35.2 Å². The number of aromatic nitrogens is 1. The number of fused-ring (bicyclic) bond motifs is 4. The molecule has 1 aliphatic heterocycles. The Hall–Kier alpha value is -1.61. The van der Waals surface area contributed by atoms with Crippen LogP contribution in [0, 0.1) is 0 Å². The molecule has 3 heteroatoms. The van der Waals surface area contributed by atoms with E-state index in [-0.39, 0.29) is 0 Å². The topological polar surface area (TPSA) is 34.2 Å². The van der Waals surface area contributed by atoms with E-state index in [0.29, 0.717) is 6.61 Å². The zero-order chi connectivity index (χ0) is 13.5. The van der Waals surface area contributed by atoms with Gasteiger partial charge in [0.05, 0.1) is 30.1 Å². The molecule has 4 rings (SSSR count). The fourth-order valence-corrected chi connectivity index (χ4v) is 3.64. The number of nitrogens with zero attached hydrogens (tertiary/aromatic N) is 1. The summed E-state index contributed by atoms with van der Waals surface area (Å²) in [6.07, 6.45) is 5.93. The minimum Gasteiger partial charge on any atom is -0.387 e. The van der Waals surface area contributed by atoms with E-state index in [4.69, 9.17) is 9.72 Å². The second-order valence-electron chi connectivity index (χ2n) is 5.77. The Balaban J connectivity index is 2.04. The van der Waals surface area contributed by atoms with E-state index >= 15 is 0 Å². The first-order valence-electron chi connectivity index (χ1n) is 7.60. The molecule has 0 fully saturated rings. The zero-order valence-corrected chi connectivity index (χ0v) is 12.0. The third kappa shape index (κ3) is 1.73. The quantitative estimate of drug-likeness (QED) is 0.862. The van der Waals surface area contributed by atoms with Crippen LogP contribution >= 0.6 is 0 Å². The highest BCUT2D eigenvalue weighted by Crippen LogP contribution is 2.35. The third-order valence-electron chi connectivity index (χ3n) is 4.65. The predicted octanol–water partition coefficient (Wildman–Crippen LogP) is 3.23. The Morgan fingerprint density at radius 2 is 2.00 bits per heavy atom. The molecule has 1 aromatic heterocycles. The molecule has 1 N–H and O–H groups in total. The van der Waals surface area contributed by atoms with Gasteiger partial charge < -0.3 is 10.1 Å². The Morgan fingerprint density at radius 1 is 1.10 bits per heavy atom. The Morgan fingerprint density at radius 3 is 2.90 bits per heavy atom. The number of rotatable bonds is 1. The number of ether oxygens (including phenoxy) is 1. The number of hydrogen-bond donors (Lipinski definition) is 1. The summed E-state index contributed by atoms with van der Waals surface area (Å²) in [5, 5.41) is 4.65. The van der Waals surface area contributed by atoms with Crippen molar-refractivity contribution in [2.75, 3.05) is 19.0 Å². The molecule has 1 aliphatic carbocycles. The molecule has 0 atom stereocenters. The maximum atomic E-state index is 5.62. The molecule has 20 heavy (non-hydrogen) atoms. The summed E-state index contributed by atoms with van der Waals surface area (Å²) in [6.45, 7) is 1.48. The monoisotopic (exact) mass is 268 g/mol. The smallest absolute Gasteiger partial charge is 0.0761 e. The van der Waals surface area contributed by atoms with Gasteiger partial charge in [-0.2, -0.15) is 0 Å². The average Bonchev–Trinajstić information content (AvgIpc) is 2.52. The molecule has 1 aromatic carbocycles. The van der Waals surface area contributed by atoms with E-state index in [9.17, 15) is 0 Å². The first-order chi connectivity index (χ1) is 9.88. The molecule has 0 saturated carbocycles. The van der Waals surface area contributed by atoms with Crippen LogP contribution < -0.4 is 5.32 Å². The minimum atomic E-state index is 0.686. The number of nitrogens with one attached hydrogen (secondary N) is 1. The minimum absolute atomic E-state index is 0.686. The van der Waals surface area contributed by atoms with Crippen molar-refractivity contribution in [2.24, 2.45) is 0 Å². The van der Waals surface area contributed by atoms with Gasteiger partial charge in [-0.1, -0.05) is 12.1 Å². The number of benzene rings is 1. The van der Waals surface area contributed by atoms with Crippen LogP contribution in [0.3, 0.4) is 0 Å². The van der Waals surface area contributed by atoms with Crippen LogP contribution in [-0.2, 0) is 30.6 Å². The van der Waals surface area contributed by atoms with Gasteiger partial charge in [-0.05, 0) is 36.8 Å². The maximum absolute atomic E-state index is 5.62. The lowest BCUT2D eigenvalue weighted by Crippen LogP contribution is -2.15. The van der Waals surface area contributed by atoms with Gasteiger partial charge in [0.2, 0.25) is 0 Å². The molecule has 0 saturated heterocycles. The fourth-order valence-electron chi connectivity index (χ4n) is 3.64. The van der Waals surface area contributed by atoms with Gasteiger partial charge in [-0.25, -0.2) is 0 Å². The van der Waals surface area contributed by atoms with E-state index in [0.717, 1.165) is 13.0 Å². The lowest BCUT2D eigenvalue weighted by atomic mass is 9.88. The van der Waals surface area contributed by atoms with Crippen LogP contribution in [0.4, 0.5) is 5.69 Å². The van der Waals surface area contributed by atoms with Gasteiger partial charge in [0.15, 0.2) is 0 Å². The first kappa shape index (κ1) is 12.2. The molecule has 2 heterocycles. The van der Waals surface area contributed by atoms with Crippen molar-refractivity contribution in [1.82, 2.24) is 4.98 Å². The number of anilines is 1. The van der Waals surface area contributed by atoms with E-state index in [1.54, 1.807) is 0 Å². The van der Waals surface area contributed by atoms with E-state index in [2.05, 4.69) is 17.4 Å². The molecular weight excluding hydrogens is 248 g/mol. The van der Waals surface area contributed by atoms with Gasteiger partial charge in [0.25, 0.3) is 0 Å². The van der Waals surface area contributed by atoms with Crippen molar-refractivity contribution in [3.05, 3.63) is 34.5 Å². The highest BCUT2D eigenvalue weighted by Gasteiger charge is 2.21. The van der Waals surface area contributed by atoms with Gasteiger partial charge in [0.1, 0.15) is 0 Å². The Labute approximate surface area is 119 Å². The Kier molecular flexibility index (Phi) is 2.88. The average molecular weight is 268 g/mol. The fraction of sp³-hybridized carbons (Fsp3) is 0.471. The number of aryl methyl sites for hydroxylation is 2. The van der Waals surface area contributed by atoms with Crippen molar-refractivity contribution in [1.29, 1.82) is 0 Å². The summed E-state index contributed by atoms with van der Waals surface area (Å²) < 4.78 is 5.62. The molecule has 0 amide bonds. The highest BCUT2D eigenvalue weighted by atomic mass is 16.5. The van der Waals surface area contributed by atoms with Crippen LogP contribution in [0.25, 0.3) is 10.9 Å². The summed E-state index contributed by atoms with van der Waals surface area (Å²) in [4.78, 5) is 5.02. The summed E-state index contributed by atoms with van der Waals surface area (Å²) in [5.74, 6) is 0. The SMILES string of the molecule is CNc1c2c(nc3c4c(ccc13)CCCC4)CCOC2. The predicted molar refractivity (Wildman–Crippen MR) is 81.3 cm³/mol. The maximum Gasteiger partial charge on any atom is 0.0761 e. The lowest BCUT2D eigenvalue weighted by molar-refractivity contribution is 0.110. The zero-order valence-electron chi connectivity index (χ0n) is 12.0. The summed E-state index contributed by atoms with van der Waals surface area (Å²) in [5.41, 5.74) is 7.92. The molecule has 3 nitrogen and oxygen atoms in total. The normalized spacial score (nSPS) is 17.6. The van der Waals surface area contributed by atoms with Gasteiger partial charge in [-0.3, -0.25) is 4.98 Å². The van der Waals surface area contributed by atoms with Crippen molar-refractivity contribution in [2.45, 2.75) is 38.7 Å². The second kappa shape index (κ2) is 4.74. The van der Waals surface area contributed by atoms with Gasteiger partial charge in [0, 0.05) is 24.4 Å². The molecule has 104 valence electrons. The van der Waals surface area contributed by atoms with Gasteiger partial charge >= 0.3 is 0 Å². The van der Waals surface area contributed by atoms with E-state index < -0.39 is 0 Å². The summed E-state index contributed by atoms with van der Waals surface area (Å²) in [7, 11) is 2.00. The molecule has 2 aliphatic rings. The van der Waals surface area contributed by atoms with E-state index in [1.165, 1.54) is 64.7 Å². The van der Waals surface area contributed by atoms with Crippen molar-refractivity contribution >= 4 is 16.6 Å². The second-order valence-corrected chi connectivity index (χ2v) is 5.77.